The zero-order valence-electron chi connectivity index (χ0n) is 19.3. The Kier molecular flexibility index (Phi) is 26.1. The van der Waals surface area contributed by atoms with Crippen molar-refractivity contribution in [1.82, 2.24) is 10.6 Å². The average Bonchev–Trinajstić information content (AvgIpc) is 2.67. The van der Waals surface area contributed by atoms with Crippen molar-refractivity contribution in [3.05, 3.63) is 11.8 Å². The largest absolute Gasteiger partial charge is 0.390 e. The maximum Gasteiger partial charge on any atom is 0.220 e. The lowest BCUT2D eigenvalue weighted by atomic mass is 10.0. The molecule has 0 heterocycles. The molecule has 0 aliphatic carbocycles. The van der Waals surface area contributed by atoms with Gasteiger partial charge >= 0.3 is 0 Å². The van der Waals surface area contributed by atoms with Crippen molar-refractivity contribution in [2.24, 2.45) is 0 Å². The van der Waals surface area contributed by atoms with Crippen LogP contribution in [-0.2, 0) is 4.79 Å². The summed E-state index contributed by atoms with van der Waals surface area (Å²) in [6, 6.07) is 0. The van der Waals surface area contributed by atoms with E-state index in [1.807, 2.05) is 20.0 Å². The van der Waals surface area contributed by atoms with E-state index < -0.39 is 0 Å². The van der Waals surface area contributed by atoms with Gasteiger partial charge in [-0.3, -0.25) is 4.79 Å². The molecular weight excluding hydrogens is 332 g/mol. The van der Waals surface area contributed by atoms with Gasteiger partial charge in [-0.2, -0.15) is 0 Å². The maximum atomic E-state index is 11.7. The molecule has 2 N–H and O–H groups in total. The molecule has 0 spiro atoms. The molecule has 1 amide bonds. The van der Waals surface area contributed by atoms with Crippen LogP contribution in [0.15, 0.2) is 11.8 Å². The molecule has 0 unspecified atom stereocenters. The highest BCUT2D eigenvalue weighted by Crippen LogP contribution is 2.12. The number of hydrogen-bond donors (Lipinski definition) is 2. The van der Waals surface area contributed by atoms with Gasteiger partial charge in [0.25, 0.3) is 0 Å². The van der Waals surface area contributed by atoms with Gasteiger partial charge in [0.05, 0.1) is 6.54 Å². The van der Waals surface area contributed by atoms with Crippen LogP contribution in [0.1, 0.15) is 124 Å². The molecule has 3 nitrogen and oxygen atoms in total. The lowest BCUT2D eigenvalue weighted by molar-refractivity contribution is -0.121. The second kappa shape index (κ2) is 25.0. The number of carbonyl (C=O) groups excluding carboxylic acids is 1. The fourth-order valence-corrected chi connectivity index (χ4v) is 2.92. The van der Waals surface area contributed by atoms with Crippen LogP contribution in [-0.4, -0.2) is 19.5 Å². The standard InChI is InChI=1S/C21H42N2O.C3H8/c1-4-6-7-8-9-10-11-12-13-14-15-16-17-18-21(24)23-19-20(5-2)22-3;1-3-2/h5,22H,4,6-19H2,1-3H3,(H,23,24);3H2,1-2H3/b20-5-;. The third kappa shape index (κ3) is 25.0. The van der Waals surface area contributed by atoms with Crippen LogP contribution in [0.25, 0.3) is 0 Å². The third-order valence-electron chi connectivity index (χ3n) is 4.65. The minimum absolute atomic E-state index is 0.174. The normalized spacial score (nSPS) is 10.9. The lowest BCUT2D eigenvalue weighted by Crippen LogP contribution is -2.28. The fourth-order valence-electron chi connectivity index (χ4n) is 2.92. The van der Waals surface area contributed by atoms with E-state index >= 15 is 0 Å². The van der Waals surface area contributed by atoms with Crippen LogP contribution in [0.3, 0.4) is 0 Å². The summed E-state index contributed by atoms with van der Waals surface area (Å²) in [6.45, 7) is 9.12. The molecule has 3 heteroatoms. The molecule has 0 aliphatic heterocycles. The molecule has 0 aromatic heterocycles. The predicted octanol–water partition coefficient (Wildman–Crippen LogP) is 7.12. The molecule has 0 bridgehead atoms. The van der Waals surface area contributed by atoms with Gasteiger partial charge < -0.3 is 10.6 Å². The summed E-state index contributed by atoms with van der Waals surface area (Å²) in [7, 11) is 1.88. The van der Waals surface area contributed by atoms with E-state index in [1.165, 1.54) is 83.5 Å². The number of unbranched alkanes of at least 4 members (excludes halogenated alkanes) is 12. The van der Waals surface area contributed by atoms with E-state index in [1.54, 1.807) is 0 Å². The fraction of sp³-hybridized carbons (Fsp3) is 0.875. The molecule has 27 heavy (non-hydrogen) atoms. The van der Waals surface area contributed by atoms with Crippen LogP contribution in [0.2, 0.25) is 0 Å². The Morgan fingerprint density at radius 1 is 0.741 bits per heavy atom. The van der Waals surface area contributed by atoms with Crippen molar-refractivity contribution in [1.29, 1.82) is 0 Å². The quantitative estimate of drug-likeness (QED) is 0.263. The minimum Gasteiger partial charge on any atom is -0.390 e. The van der Waals surface area contributed by atoms with Crippen LogP contribution in [0.4, 0.5) is 0 Å². The van der Waals surface area contributed by atoms with Gasteiger partial charge in [-0.05, 0) is 13.3 Å². The predicted molar refractivity (Wildman–Crippen MR) is 122 cm³/mol. The molecule has 0 rings (SSSR count). The highest BCUT2D eigenvalue weighted by Gasteiger charge is 2.01. The number of carbonyl (C=O) groups is 1. The van der Waals surface area contributed by atoms with Gasteiger partial charge in [-0.15, -0.1) is 0 Å². The first-order chi connectivity index (χ1) is 13.2. The SMILES string of the molecule is C/C=C(/CNC(=O)CCCCCCCCCCCCCCC)NC.CCC. The van der Waals surface area contributed by atoms with E-state index in [9.17, 15) is 4.79 Å². The third-order valence-corrected chi connectivity index (χ3v) is 4.65. The number of nitrogens with one attached hydrogen (secondary N) is 2. The van der Waals surface area contributed by atoms with Crippen molar-refractivity contribution in [3.8, 4) is 0 Å². The van der Waals surface area contributed by atoms with Gasteiger partial charge in [0.1, 0.15) is 0 Å². The molecular formula is C24H50N2O. The maximum absolute atomic E-state index is 11.7. The summed E-state index contributed by atoms with van der Waals surface area (Å²) in [5.41, 5.74) is 1.06. The van der Waals surface area contributed by atoms with E-state index in [0.717, 1.165) is 12.1 Å². The summed E-state index contributed by atoms with van der Waals surface area (Å²) in [4.78, 5) is 11.7. The van der Waals surface area contributed by atoms with E-state index in [0.29, 0.717) is 13.0 Å². The Balaban J connectivity index is 0. The Bertz CT molecular complexity index is 326. The number of hydrogen-bond acceptors (Lipinski definition) is 2. The number of rotatable bonds is 17. The Morgan fingerprint density at radius 3 is 1.52 bits per heavy atom. The Morgan fingerprint density at radius 2 is 1.15 bits per heavy atom. The zero-order valence-corrected chi connectivity index (χ0v) is 19.3. The summed E-state index contributed by atoms with van der Waals surface area (Å²) < 4.78 is 0. The molecule has 0 aromatic carbocycles. The highest BCUT2D eigenvalue weighted by molar-refractivity contribution is 5.76. The van der Waals surface area contributed by atoms with Gasteiger partial charge in [0.15, 0.2) is 0 Å². The van der Waals surface area contributed by atoms with Crippen molar-refractivity contribution in [3.63, 3.8) is 0 Å². The number of amides is 1. The first-order valence-corrected chi connectivity index (χ1v) is 11.8. The van der Waals surface area contributed by atoms with Crippen molar-refractivity contribution in [2.45, 2.75) is 124 Å². The Hall–Kier alpha value is -0.990. The zero-order chi connectivity index (χ0) is 20.6. The number of likely N-dealkylation sites (N-methyl/N-ethyl adjacent to an activating group) is 1. The molecule has 0 radical (unpaired) electrons. The summed E-state index contributed by atoms with van der Waals surface area (Å²) in [5, 5.41) is 6.03. The van der Waals surface area contributed by atoms with Gasteiger partial charge in [-0.1, -0.05) is 110 Å². The van der Waals surface area contributed by atoms with Crippen LogP contribution in [0, 0.1) is 0 Å². The van der Waals surface area contributed by atoms with E-state index in [-0.39, 0.29) is 5.91 Å². The summed E-state index contributed by atoms with van der Waals surface area (Å²) in [6.07, 6.45) is 21.4. The smallest absolute Gasteiger partial charge is 0.220 e. The van der Waals surface area contributed by atoms with Crippen LogP contribution in [0.5, 0.6) is 0 Å². The highest BCUT2D eigenvalue weighted by atomic mass is 16.1. The second-order valence-corrected chi connectivity index (χ2v) is 7.54. The average molecular weight is 383 g/mol. The van der Waals surface area contributed by atoms with Crippen molar-refractivity contribution < 1.29 is 4.79 Å². The van der Waals surface area contributed by atoms with Gasteiger partial charge in [-0.25, -0.2) is 0 Å². The minimum atomic E-state index is 0.174. The van der Waals surface area contributed by atoms with Crippen molar-refractivity contribution in [2.75, 3.05) is 13.6 Å². The van der Waals surface area contributed by atoms with Gasteiger partial charge in [0.2, 0.25) is 5.91 Å². The molecule has 162 valence electrons. The molecule has 0 fully saturated rings. The monoisotopic (exact) mass is 382 g/mol. The van der Waals surface area contributed by atoms with Gasteiger partial charge in [0, 0.05) is 19.2 Å². The van der Waals surface area contributed by atoms with Crippen LogP contribution < -0.4 is 10.6 Å². The summed E-state index contributed by atoms with van der Waals surface area (Å²) in [5.74, 6) is 0.174. The lowest BCUT2D eigenvalue weighted by Gasteiger charge is -2.08. The topological polar surface area (TPSA) is 41.1 Å². The first kappa shape index (κ1) is 28.2. The molecule has 0 atom stereocenters. The Labute approximate surface area is 171 Å². The van der Waals surface area contributed by atoms with E-state index in [4.69, 9.17) is 0 Å². The van der Waals surface area contributed by atoms with Crippen molar-refractivity contribution >= 4 is 5.91 Å². The second-order valence-electron chi connectivity index (χ2n) is 7.54. The molecule has 0 aromatic rings. The van der Waals surface area contributed by atoms with Crippen LogP contribution >= 0.6 is 0 Å². The molecule has 0 aliphatic rings. The molecule has 0 saturated carbocycles. The van der Waals surface area contributed by atoms with E-state index in [2.05, 4.69) is 31.4 Å². The summed E-state index contributed by atoms with van der Waals surface area (Å²) >= 11 is 0. The molecule has 0 saturated heterocycles. The first-order valence-electron chi connectivity index (χ1n) is 11.8. The number of allylic oxidation sites excluding steroid dienone is 1.